The van der Waals surface area contributed by atoms with Crippen molar-refractivity contribution in [3.8, 4) is 11.4 Å². The van der Waals surface area contributed by atoms with Crippen molar-refractivity contribution in [2.45, 2.75) is 39.8 Å². The van der Waals surface area contributed by atoms with Crippen LogP contribution in [0.15, 0.2) is 47.3 Å². The van der Waals surface area contributed by atoms with Crippen LogP contribution in [-0.2, 0) is 6.42 Å². The zero-order valence-corrected chi connectivity index (χ0v) is 18.4. The number of halogens is 2. The lowest BCUT2D eigenvalue weighted by atomic mass is 10.1. The molecule has 0 unspecified atom stereocenters. The minimum atomic E-state index is -2.97. The maximum absolute atomic E-state index is 13.3. The molecule has 2 aromatic carbocycles. The maximum atomic E-state index is 13.3. The van der Waals surface area contributed by atoms with Gasteiger partial charge in [-0.05, 0) is 51.1 Å². The molecule has 4 aromatic rings. The predicted octanol–water partition coefficient (Wildman–Crippen LogP) is 4.56. The van der Waals surface area contributed by atoms with Crippen molar-refractivity contribution in [1.82, 2.24) is 19.3 Å². The minimum Gasteiger partial charge on any atom is -0.435 e. The highest BCUT2D eigenvalue weighted by atomic mass is 32.1. The quantitative estimate of drug-likeness (QED) is 0.380. The molecule has 7 nitrogen and oxygen atoms in total. The summed E-state index contributed by atoms with van der Waals surface area (Å²) in [6, 6.07) is 10.8. The molecule has 0 fully saturated rings. The van der Waals surface area contributed by atoms with Gasteiger partial charge < -0.3 is 4.74 Å². The van der Waals surface area contributed by atoms with Gasteiger partial charge in [0.05, 0.1) is 23.1 Å². The summed E-state index contributed by atoms with van der Waals surface area (Å²) >= 11 is 1.36. The van der Waals surface area contributed by atoms with Gasteiger partial charge >= 0.3 is 12.3 Å². The number of aryl methyl sites for hydroxylation is 1. The number of aromatic nitrogens is 4. The molecule has 10 heteroatoms. The Morgan fingerprint density at radius 1 is 1.12 bits per heavy atom. The average molecular weight is 458 g/mol. The summed E-state index contributed by atoms with van der Waals surface area (Å²) in [5.74, 6) is -0.181. The summed E-state index contributed by atoms with van der Waals surface area (Å²) in [4.78, 5) is 26.1. The predicted molar refractivity (Wildman–Crippen MR) is 117 cm³/mol. The lowest BCUT2D eigenvalue weighted by Gasteiger charge is -2.08. The second-order valence-electron chi connectivity index (χ2n) is 7.48. The molecule has 0 N–H and O–H groups in total. The molecule has 0 bridgehead atoms. The van der Waals surface area contributed by atoms with E-state index < -0.39 is 6.61 Å². The van der Waals surface area contributed by atoms with Crippen LogP contribution in [-0.4, -0.2) is 31.7 Å². The number of nitrogens with zero attached hydrogens (tertiary/aromatic N) is 4. The number of carbonyl (C=O) groups excluding carboxylic acids is 1. The van der Waals surface area contributed by atoms with Crippen LogP contribution in [0, 0.1) is 6.92 Å². The molecule has 4 rings (SSSR count). The Labute approximate surface area is 185 Å². The average Bonchev–Trinajstić information content (AvgIpc) is 3.26. The Morgan fingerprint density at radius 3 is 2.56 bits per heavy atom. The van der Waals surface area contributed by atoms with Gasteiger partial charge in [-0.2, -0.15) is 8.78 Å². The molecule has 0 saturated heterocycles. The van der Waals surface area contributed by atoms with Crippen LogP contribution in [0.1, 0.15) is 40.3 Å². The molecule has 0 atom stereocenters. The van der Waals surface area contributed by atoms with Crippen molar-refractivity contribution in [3.05, 3.63) is 68.5 Å². The molecular formula is C22H20F2N4O3S. The van der Waals surface area contributed by atoms with Crippen molar-refractivity contribution >= 4 is 28.2 Å². The van der Waals surface area contributed by atoms with Crippen LogP contribution < -0.4 is 10.4 Å². The van der Waals surface area contributed by atoms with E-state index in [1.165, 1.54) is 28.0 Å². The lowest BCUT2D eigenvalue weighted by molar-refractivity contribution is -0.0498. The van der Waals surface area contributed by atoms with Crippen LogP contribution in [0.3, 0.4) is 0 Å². The molecule has 0 aliphatic carbocycles. The van der Waals surface area contributed by atoms with E-state index in [0.717, 1.165) is 5.01 Å². The molecular weight excluding hydrogens is 438 g/mol. The van der Waals surface area contributed by atoms with E-state index in [1.54, 1.807) is 34.9 Å². The van der Waals surface area contributed by atoms with Gasteiger partial charge in [-0.15, -0.1) is 21.5 Å². The number of fused-ring (bicyclic) bond motifs is 1. The van der Waals surface area contributed by atoms with E-state index >= 15 is 0 Å². The summed E-state index contributed by atoms with van der Waals surface area (Å²) in [5.41, 5.74) is 1.63. The number of hydrogen-bond donors (Lipinski definition) is 0. The maximum Gasteiger partial charge on any atom is 0.387 e. The van der Waals surface area contributed by atoms with Crippen LogP contribution in [0.2, 0.25) is 0 Å². The fourth-order valence-electron chi connectivity index (χ4n) is 3.59. The van der Waals surface area contributed by atoms with Crippen molar-refractivity contribution < 1.29 is 18.3 Å². The Bertz CT molecular complexity index is 1360. The van der Waals surface area contributed by atoms with Gasteiger partial charge in [0, 0.05) is 17.7 Å². The number of ketones is 1. The molecule has 2 heterocycles. The Hall–Kier alpha value is -3.40. The first-order valence-corrected chi connectivity index (χ1v) is 10.7. The van der Waals surface area contributed by atoms with Gasteiger partial charge in [-0.25, -0.2) is 4.79 Å². The largest absolute Gasteiger partial charge is 0.435 e. The monoisotopic (exact) mass is 458 g/mol. The number of benzene rings is 2. The third kappa shape index (κ3) is 4.18. The highest BCUT2D eigenvalue weighted by molar-refractivity contribution is 7.11. The van der Waals surface area contributed by atoms with E-state index in [2.05, 4.69) is 14.9 Å². The number of imidazole rings is 1. The molecule has 166 valence electrons. The Kier molecular flexibility index (Phi) is 5.88. The van der Waals surface area contributed by atoms with Crippen molar-refractivity contribution in [3.63, 3.8) is 0 Å². The molecule has 0 aliphatic heterocycles. The first kappa shape index (κ1) is 21.8. The second-order valence-corrected chi connectivity index (χ2v) is 8.74. The minimum absolute atomic E-state index is 0.0472. The second kappa shape index (κ2) is 8.62. The van der Waals surface area contributed by atoms with Gasteiger partial charge in [-0.1, -0.05) is 6.07 Å². The zero-order chi connectivity index (χ0) is 23.0. The normalized spacial score (nSPS) is 11.6. The molecule has 2 aromatic heterocycles. The third-order valence-corrected chi connectivity index (χ3v) is 5.73. The van der Waals surface area contributed by atoms with Crippen LogP contribution in [0.5, 0.6) is 5.75 Å². The standard InChI is InChI=1S/C22H20F2N4O3S/c1-12(2)27-18-9-14(19(29)11-20-26-25-13(3)32-20)7-8-17(18)28(22(27)30)15-5-4-6-16(10-15)31-21(23)24/h4-10,12,21H,11H2,1-3H3. The summed E-state index contributed by atoms with van der Waals surface area (Å²) in [5, 5.41) is 9.34. The van der Waals surface area contributed by atoms with Gasteiger partial charge in [0.15, 0.2) is 5.78 Å². The third-order valence-electron chi connectivity index (χ3n) is 4.89. The number of alkyl halides is 2. The van der Waals surface area contributed by atoms with Gasteiger partial charge in [-0.3, -0.25) is 13.9 Å². The fourth-order valence-corrected chi connectivity index (χ4v) is 4.30. The molecule has 0 amide bonds. The first-order valence-electron chi connectivity index (χ1n) is 9.89. The summed E-state index contributed by atoms with van der Waals surface area (Å²) in [6.45, 7) is 2.58. The van der Waals surface area contributed by atoms with E-state index in [-0.39, 0.29) is 29.7 Å². The number of ether oxygens (including phenoxy) is 1. The molecule has 32 heavy (non-hydrogen) atoms. The SMILES string of the molecule is Cc1nnc(CC(=O)c2ccc3c(c2)n(C(C)C)c(=O)n3-c2cccc(OC(F)F)c2)s1. The van der Waals surface area contributed by atoms with Crippen LogP contribution in [0.25, 0.3) is 16.7 Å². The van der Waals surface area contributed by atoms with Gasteiger partial charge in [0.1, 0.15) is 15.8 Å². The number of rotatable bonds is 7. The Morgan fingerprint density at radius 2 is 1.91 bits per heavy atom. The Balaban J connectivity index is 1.81. The number of hydrogen-bond acceptors (Lipinski definition) is 6. The van der Waals surface area contributed by atoms with Crippen molar-refractivity contribution in [1.29, 1.82) is 0 Å². The highest BCUT2D eigenvalue weighted by Crippen LogP contribution is 2.25. The molecule has 0 saturated carbocycles. The van der Waals surface area contributed by atoms with E-state index in [9.17, 15) is 18.4 Å². The smallest absolute Gasteiger partial charge is 0.387 e. The van der Waals surface area contributed by atoms with Gasteiger partial charge in [0.2, 0.25) is 0 Å². The zero-order valence-electron chi connectivity index (χ0n) is 17.6. The van der Waals surface area contributed by atoms with E-state index in [0.29, 0.717) is 27.3 Å². The molecule has 0 aliphatic rings. The van der Waals surface area contributed by atoms with Crippen molar-refractivity contribution in [2.75, 3.05) is 0 Å². The van der Waals surface area contributed by atoms with Crippen LogP contribution >= 0.6 is 11.3 Å². The van der Waals surface area contributed by atoms with Crippen LogP contribution in [0.4, 0.5) is 8.78 Å². The summed E-state index contributed by atoms with van der Waals surface area (Å²) in [6.07, 6.45) is 0.122. The fraction of sp³-hybridized carbons (Fsp3) is 0.273. The highest BCUT2D eigenvalue weighted by Gasteiger charge is 2.20. The van der Waals surface area contributed by atoms with Crippen molar-refractivity contribution in [2.24, 2.45) is 0 Å². The topological polar surface area (TPSA) is 79.0 Å². The number of carbonyl (C=O) groups is 1. The first-order chi connectivity index (χ1) is 15.2. The number of Topliss-reactive ketones (excluding diaryl/α,β-unsaturated/α-hetero) is 1. The molecule has 0 spiro atoms. The summed E-state index contributed by atoms with van der Waals surface area (Å²) < 4.78 is 32.8. The van der Waals surface area contributed by atoms with Gasteiger partial charge in [0.25, 0.3) is 0 Å². The van der Waals surface area contributed by atoms with E-state index in [4.69, 9.17) is 0 Å². The van der Waals surface area contributed by atoms with E-state index in [1.807, 2.05) is 20.8 Å². The lowest BCUT2D eigenvalue weighted by Crippen LogP contribution is -2.24. The molecule has 0 radical (unpaired) electrons. The summed E-state index contributed by atoms with van der Waals surface area (Å²) in [7, 11) is 0.